The highest BCUT2D eigenvalue weighted by molar-refractivity contribution is 5.81. The van der Waals surface area contributed by atoms with Gasteiger partial charge in [0.2, 0.25) is 0 Å². The average molecular weight is 369 g/mol. The number of esters is 1. The van der Waals surface area contributed by atoms with Crippen LogP contribution in [-0.4, -0.2) is 56.7 Å². The molecule has 1 saturated heterocycles. The van der Waals surface area contributed by atoms with Gasteiger partial charge in [0.1, 0.15) is 12.4 Å². The van der Waals surface area contributed by atoms with E-state index >= 15 is 0 Å². The number of hydrogen-bond donors (Lipinski definition) is 1. The van der Waals surface area contributed by atoms with Crippen molar-refractivity contribution in [2.45, 2.75) is 19.8 Å². The Labute approximate surface area is 152 Å². The normalized spacial score (nSPS) is 17.8. The third-order valence-corrected chi connectivity index (χ3v) is 4.10. The number of guanidine groups is 1. The number of likely N-dealkylation sites (tertiary alicyclic amines) is 1. The highest BCUT2D eigenvalue weighted by atomic mass is 19.2. The first kappa shape index (κ1) is 19.9. The summed E-state index contributed by atoms with van der Waals surface area (Å²) >= 11 is 0. The molecule has 26 heavy (non-hydrogen) atoms. The van der Waals surface area contributed by atoms with Gasteiger partial charge in [-0.3, -0.25) is 9.79 Å². The molecule has 1 N–H and O–H groups in total. The fourth-order valence-corrected chi connectivity index (χ4v) is 2.85. The van der Waals surface area contributed by atoms with Gasteiger partial charge >= 0.3 is 5.97 Å². The van der Waals surface area contributed by atoms with Crippen LogP contribution in [0.15, 0.2) is 23.2 Å². The van der Waals surface area contributed by atoms with Crippen molar-refractivity contribution in [1.29, 1.82) is 0 Å². The maximum absolute atomic E-state index is 13.1. The fourth-order valence-electron chi connectivity index (χ4n) is 2.85. The highest BCUT2D eigenvalue weighted by Gasteiger charge is 2.28. The zero-order valence-corrected chi connectivity index (χ0v) is 15.1. The lowest BCUT2D eigenvalue weighted by atomic mass is 9.98. The molecule has 0 aliphatic carbocycles. The van der Waals surface area contributed by atoms with Gasteiger partial charge in [0.25, 0.3) is 0 Å². The molecule has 1 aliphatic heterocycles. The van der Waals surface area contributed by atoms with Crippen molar-refractivity contribution < 1.29 is 23.0 Å². The van der Waals surface area contributed by atoms with Crippen molar-refractivity contribution in [3.05, 3.63) is 29.8 Å². The van der Waals surface area contributed by atoms with E-state index in [4.69, 9.17) is 9.47 Å². The molecule has 144 valence electrons. The summed E-state index contributed by atoms with van der Waals surface area (Å²) in [6.07, 6.45) is 1.70. The zero-order chi connectivity index (χ0) is 18.9. The topological polar surface area (TPSA) is 63.2 Å². The summed E-state index contributed by atoms with van der Waals surface area (Å²) in [6, 6.07) is 3.42. The Bertz CT molecular complexity index is 640. The van der Waals surface area contributed by atoms with Gasteiger partial charge < -0.3 is 19.7 Å². The molecule has 2 rings (SSSR count). The summed E-state index contributed by atoms with van der Waals surface area (Å²) in [4.78, 5) is 18.2. The molecule has 0 bridgehead atoms. The van der Waals surface area contributed by atoms with E-state index in [2.05, 4.69) is 10.3 Å². The molecule has 0 radical (unpaired) electrons. The van der Waals surface area contributed by atoms with Crippen LogP contribution in [0, 0.1) is 17.6 Å². The average Bonchev–Trinajstić information content (AvgIpc) is 2.65. The van der Waals surface area contributed by atoms with Crippen LogP contribution in [0.4, 0.5) is 8.78 Å². The summed E-state index contributed by atoms with van der Waals surface area (Å²) in [6.45, 7) is 4.24. The molecule has 0 aromatic heterocycles. The van der Waals surface area contributed by atoms with E-state index in [0.717, 1.165) is 31.5 Å². The first-order chi connectivity index (χ1) is 12.5. The van der Waals surface area contributed by atoms with Crippen molar-refractivity contribution in [3.8, 4) is 5.75 Å². The summed E-state index contributed by atoms with van der Waals surface area (Å²) in [7, 11) is 1.67. The summed E-state index contributed by atoms with van der Waals surface area (Å²) < 4.78 is 36.5. The first-order valence-electron chi connectivity index (χ1n) is 8.75. The number of benzene rings is 1. The van der Waals surface area contributed by atoms with Gasteiger partial charge in [-0.05, 0) is 31.9 Å². The number of nitrogens with one attached hydrogen (secondary N) is 1. The number of halogens is 2. The molecule has 0 amide bonds. The second-order valence-corrected chi connectivity index (χ2v) is 5.94. The Morgan fingerprint density at radius 1 is 1.38 bits per heavy atom. The van der Waals surface area contributed by atoms with Crippen molar-refractivity contribution in [3.63, 3.8) is 0 Å². The second kappa shape index (κ2) is 9.94. The van der Waals surface area contributed by atoms with Crippen LogP contribution in [0.2, 0.25) is 0 Å². The minimum atomic E-state index is -0.940. The lowest BCUT2D eigenvalue weighted by Crippen LogP contribution is -2.49. The maximum Gasteiger partial charge on any atom is 0.310 e. The molecular weight excluding hydrogens is 344 g/mol. The molecule has 1 aliphatic rings. The third kappa shape index (κ3) is 5.57. The van der Waals surface area contributed by atoms with Gasteiger partial charge in [-0.25, -0.2) is 8.78 Å². The van der Waals surface area contributed by atoms with E-state index < -0.39 is 11.6 Å². The van der Waals surface area contributed by atoms with Crippen LogP contribution in [0.25, 0.3) is 0 Å². The van der Waals surface area contributed by atoms with E-state index in [1.54, 1.807) is 14.0 Å². The number of hydrogen-bond acceptors (Lipinski definition) is 4. The monoisotopic (exact) mass is 369 g/mol. The smallest absolute Gasteiger partial charge is 0.310 e. The molecule has 1 aromatic rings. The summed E-state index contributed by atoms with van der Waals surface area (Å²) in [5.41, 5.74) is 0. The molecule has 1 unspecified atom stereocenters. The van der Waals surface area contributed by atoms with Crippen molar-refractivity contribution >= 4 is 11.9 Å². The Morgan fingerprint density at radius 3 is 2.88 bits per heavy atom. The van der Waals surface area contributed by atoms with E-state index in [1.807, 2.05) is 4.90 Å². The quantitative estimate of drug-likeness (QED) is 0.360. The minimum absolute atomic E-state index is 0.152. The number of aliphatic imine (C=N–C) groups is 1. The van der Waals surface area contributed by atoms with Crippen molar-refractivity contribution in [1.82, 2.24) is 10.2 Å². The van der Waals surface area contributed by atoms with Gasteiger partial charge in [0, 0.05) is 26.2 Å². The Balaban J connectivity index is 1.79. The van der Waals surface area contributed by atoms with Crippen LogP contribution >= 0.6 is 0 Å². The molecule has 8 heteroatoms. The van der Waals surface area contributed by atoms with Crippen molar-refractivity contribution in [2.75, 3.05) is 39.9 Å². The Morgan fingerprint density at radius 2 is 2.19 bits per heavy atom. The Hall–Kier alpha value is -2.38. The molecule has 1 atom stereocenters. The molecule has 6 nitrogen and oxygen atoms in total. The largest absolute Gasteiger partial charge is 0.492 e. The molecule has 0 spiro atoms. The third-order valence-electron chi connectivity index (χ3n) is 4.10. The number of ether oxygens (including phenoxy) is 2. The van der Waals surface area contributed by atoms with Crippen LogP contribution in [-0.2, 0) is 9.53 Å². The number of carbonyl (C=O) groups is 1. The molecule has 1 fully saturated rings. The SMILES string of the molecule is CCOC(=O)C1CCCN(C(=NC)NCCOc2ccc(F)c(F)c2)C1. The van der Waals surface area contributed by atoms with Gasteiger partial charge in [0.15, 0.2) is 17.6 Å². The predicted molar refractivity (Wildman–Crippen MR) is 94.1 cm³/mol. The lowest BCUT2D eigenvalue weighted by Gasteiger charge is -2.33. The standard InChI is InChI=1S/C18H25F2N3O3/c1-3-25-17(24)13-5-4-9-23(12-13)18(21-2)22-8-10-26-14-6-7-15(19)16(20)11-14/h6-7,11,13H,3-5,8-10,12H2,1-2H3,(H,21,22). The lowest BCUT2D eigenvalue weighted by molar-refractivity contribution is -0.149. The van der Waals surface area contributed by atoms with Crippen LogP contribution in [0.5, 0.6) is 5.75 Å². The van der Waals surface area contributed by atoms with Crippen LogP contribution < -0.4 is 10.1 Å². The van der Waals surface area contributed by atoms with E-state index in [-0.39, 0.29) is 24.2 Å². The van der Waals surface area contributed by atoms with Crippen LogP contribution in [0.3, 0.4) is 0 Å². The van der Waals surface area contributed by atoms with Gasteiger partial charge in [-0.2, -0.15) is 0 Å². The van der Waals surface area contributed by atoms with Crippen LogP contribution in [0.1, 0.15) is 19.8 Å². The molecule has 1 aromatic carbocycles. The predicted octanol–water partition coefficient (Wildman–Crippen LogP) is 2.19. The number of carbonyl (C=O) groups excluding carboxylic acids is 1. The van der Waals surface area contributed by atoms with E-state index in [1.165, 1.54) is 6.07 Å². The fraction of sp³-hybridized carbons (Fsp3) is 0.556. The van der Waals surface area contributed by atoms with E-state index in [0.29, 0.717) is 25.7 Å². The second-order valence-electron chi connectivity index (χ2n) is 5.94. The first-order valence-corrected chi connectivity index (χ1v) is 8.75. The number of rotatable bonds is 6. The van der Waals surface area contributed by atoms with E-state index in [9.17, 15) is 13.6 Å². The zero-order valence-electron chi connectivity index (χ0n) is 15.1. The highest BCUT2D eigenvalue weighted by Crippen LogP contribution is 2.18. The molecule has 1 heterocycles. The maximum atomic E-state index is 13.1. The molecule has 0 saturated carbocycles. The molecular formula is C18H25F2N3O3. The van der Waals surface area contributed by atoms with Crippen molar-refractivity contribution in [2.24, 2.45) is 10.9 Å². The Kier molecular flexibility index (Phi) is 7.62. The number of piperidine rings is 1. The minimum Gasteiger partial charge on any atom is -0.492 e. The van der Waals surface area contributed by atoms with Gasteiger partial charge in [-0.1, -0.05) is 0 Å². The van der Waals surface area contributed by atoms with Gasteiger partial charge in [-0.15, -0.1) is 0 Å². The van der Waals surface area contributed by atoms with Gasteiger partial charge in [0.05, 0.1) is 19.1 Å². The summed E-state index contributed by atoms with van der Waals surface area (Å²) in [5.74, 6) is -1.23. The number of nitrogens with zero attached hydrogens (tertiary/aromatic N) is 2. The summed E-state index contributed by atoms with van der Waals surface area (Å²) in [5, 5.41) is 3.16.